The van der Waals surface area contributed by atoms with Crippen molar-refractivity contribution < 1.29 is 4.74 Å². The molecule has 0 aliphatic carbocycles. The highest BCUT2D eigenvalue weighted by Gasteiger charge is 2.07. The Morgan fingerprint density at radius 3 is 2.33 bits per heavy atom. The summed E-state index contributed by atoms with van der Waals surface area (Å²) < 4.78 is 5.28. The molecule has 2 aromatic carbocycles. The summed E-state index contributed by atoms with van der Waals surface area (Å²) in [7, 11) is 1.70. The Bertz CT molecular complexity index is 505. The summed E-state index contributed by atoms with van der Waals surface area (Å²) in [6.07, 6.45) is 0. The van der Waals surface area contributed by atoms with Crippen molar-refractivity contribution in [3.05, 3.63) is 54.1 Å². The van der Waals surface area contributed by atoms with Crippen molar-refractivity contribution in [2.45, 2.75) is 13.8 Å². The lowest BCUT2D eigenvalue weighted by atomic mass is 10.2. The van der Waals surface area contributed by atoms with Crippen molar-refractivity contribution in [3.63, 3.8) is 0 Å². The van der Waals surface area contributed by atoms with E-state index in [1.165, 1.54) is 11.3 Å². The minimum absolute atomic E-state index is 0.887. The van der Waals surface area contributed by atoms with Crippen LogP contribution in [0.3, 0.4) is 0 Å². The number of nitrogens with zero attached hydrogens (tertiary/aromatic N) is 1. The van der Waals surface area contributed by atoms with Gasteiger partial charge < -0.3 is 9.64 Å². The first-order valence-corrected chi connectivity index (χ1v) is 6.23. The Labute approximate surface area is 109 Å². The fraction of sp³-hybridized carbons (Fsp3) is 0.250. The van der Waals surface area contributed by atoms with Crippen molar-refractivity contribution in [1.82, 2.24) is 0 Å². The van der Waals surface area contributed by atoms with Gasteiger partial charge in [0.15, 0.2) is 0 Å². The Morgan fingerprint density at radius 2 is 1.72 bits per heavy atom. The largest absolute Gasteiger partial charge is 0.497 e. The molecule has 0 spiro atoms. The molecule has 0 saturated carbocycles. The van der Waals surface area contributed by atoms with Crippen molar-refractivity contribution in [2.24, 2.45) is 0 Å². The van der Waals surface area contributed by atoms with Gasteiger partial charge in [-0.3, -0.25) is 0 Å². The van der Waals surface area contributed by atoms with Crippen LogP contribution in [-0.2, 0) is 0 Å². The molecule has 0 bridgehead atoms. The minimum atomic E-state index is 0.887. The predicted octanol–water partition coefficient (Wildman–Crippen LogP) is 4.16. The Morgan fingerprint density at radius 1 is 1.00 bits per heavy atom. The van der Waals surface area contributed by atoms with Crippen molar-refractivity contribution in [1.29, 1.82) is 0 Å². The maximum absolute atomic E-state index is 5.28. The average molecular weight is 241 g/mol. The molecule has 0 heterocycles. The summed E-state index contributed by atoms with van der Waals surface area (Å²) >= 11 is 0. The van der Waals surface area contributed by atoms with E-state index >= 15 is 0 Å². The fourth-order valence-electron chi connectivity index (χ4n) is 2.02. The van der Waals surface area contributed by atoms with Crippen LogP contribution in [0.5, 0.6) is 5.75 Å². The van der Waals surface area contributed by atoms with E-state index in [4.69, 9.17) is 4.74 Å². The van der Waals surface area contributed by atoms with E-state index in [2.05, 4.69) is 55.1 Å². The molecule has 0 unspecified atom stereocenters. The molecule has 0 saturated heterocycles. The number of benzene rings is 2. The van der Waals surface area contributed by atoms with Gasteiger partial charge >= 0.3 is 0 Å². The normalized spacial score (nSPS) is 10.2. The topological polar surface area (TPSA) is 12.5 Å². The molecule has 0 N–H and O–H groups in total. The van der Waals surface area contributed by atoms with E-state index in [1.54, 1.807) is 7.11 Å². The lowest BCUT2D eigenvalue weighted by Crippen LogP contribution is -2.15. The predicted molar refractivity (Wildman–Crippen MR) is 76.9 cm³/mol. The van der Waals surface area contributed by atoms with E-state index in [1.807, 2.05) is 12.1 Å². The number of ether oxygens (including phenoxy) is 1. The second kappa shape index (κ2) is 5.58. The molecule has 0 fully saturated rings. The van der Waals surface area contributed by atoms with E-state index in [0.29, 0.717) is 0 Å². The van der Waals surface area contributed by atoms with Crippen molar-refractivity contribution in [3.8, 4) is 5.75 Å². The van der Waals surface area contributed by atoms with Crippen LogP contribution in [0.25, 0.3) is 0 Å². The third kappa shape index (κ3) is 2.65. The molecule has 2 aromatic rings. The molecule has 0 aliphatic rings. The van der Waals surface area contributed by atoms with Gasteiger partial charge in [-0.25, -0.2) is 0 Å². The first-order valence-electron chi connectivity index (χ1n) is 6.23. The summed E-state index contributed by atoms with van der Waals surface area (Å²) in [6.45, 7) is 5.18. The third-order valence-corrected chi connectivity index (χ3v) is 3.03. The quantitative estimate of drug-likeness (QED) is 0.797. The maximum Gasteiger partial charge on any atom is 0.120 e. The molecule has 2 heteroatoms. The zero-order valence-electron chi connectivity index (χ0n) is 11.2. The molecular weight excluding hydrogens is 222 g/mol. The van der Waals surface area contributed by atoms with Crippen molar-refractivity contribution >= 4 is 11.4 Å². The highest BCUT2D eigenvalue weighted by Crippen LogP contribution is 2.28. The fourth-order valence-corrected chi connectivity index (χ4v) is 2.02. The lowest BCUT2D eigenvalue weighted by Gasteiger charge is -2.23. The van der Waals surface area contributed by atoms with Gasteiger partial charge in [0.1, 0.15) is 5.75 Å². The summed E-state index contributed by atoms with van der Waals surface area (Å²) in [5.41, 5.74) is 3.64. The highest BCUT2D eigenvalue weighted by molar-refractivity contribution is 5.64. The average Bonchev–Trinajstić information content (AvgIpc) is 2.42. The maximum atomic E-state index is 5.28. The monoisotopic (exact) mass is 241 g/mol. The number of hydrogen-bond acceptors (Lipinski definition) is 2. The van der Waals surface area contributed by atoms with Gasteiger partial charge in [-0.2, -0.15) is 0 Å². The van der Waals surface area contributed by atoms with Crippen LogP contribution in [0.1, 0.15) is 12.5 Å². The number of hydrogen-bond donors (Lipinski definition) is 0. The van der Waals surface area contributed by atoms with Crippen LogP contribution in [-0.4, -0.2) is 13.7 Å². The Hall–Kier alpha value is -1.96. The third-order valence-electron chi connectivity index (χ3n) is 3.03. The van der Waals surface area contributed by atoms with Crippen LogP contribution < -0.4 is 9.64 Å². The molecule has 2 nitrogen and oxygen atoms in total. The van der Waals surface area contributed by atoms with Gasteiger partial charge in [0, 0.05) is 24.0 Å². The van der Waals surface area contributed by atoms with Gasteiger partial charge in [-0.05, 0) is 38.1 Å². The molecule has 18 heavy (non-hydrogen) atoms. The summed E-state index contributed by atoms with van der Waals surface area (Å²) in [5, 5.41) is 0. The summed E-state index contributed by atoms with van der Waals surface area (Å²) in [6, 6.07) is 16.7. The molecule has 2 rings (SSSR count). The minimum Gasteiger partial charge on any atom is -0.497 e. The molecule has 0 radical (unpaired) electrons. The zero-order valence-corrected chi connectivity index (χ0v) is 11.2. The van der Waals surface area contributed by atoms with Gasteiger partial charge in [-0.1, -0.05) is 23.8 Å². The van der Waals surface area contributed by atoms with Gasteiger partial charge in [-0.15, -0.1) is 0 Å². The number of anilines is 2. The smallest absolute Gasteiger partial charge is 0.120 e. The molecule has 94 valence electrons. The second-order valence-corrected chi connectivity index (χ2v) is 4.28. The summed E-state index contributed by atoms with van der Waals surface area (Å²) in [4.78, 5) is 2.27. The van der Waals surface area contributed by atoms with E-state index < -0.39 is 0 Å². The number of rotatable bonds is 4. The van der Waals surface area contributed by atoms with E-state index in [9.17, 15) is 0 Å². The van der Waals surface area contributed by atoms with E-state index in [0.717, 1.165) is 18.0 Å². The van der Waals surface area contributed by atoms with E-state index in [-0.39, 0.29) is 0 Å². The summed E-state index contributed by atoms with van der Waals surface area (Å²) in [5.74, 6) is 0.887. The zero-order chi connectivity index (χ0) is 13.0. The van der Waals surface area contributed by atoms with Gasteiger partial charge in [0.25, 0.3) is 0 Å². The van der Waals surface area contributed by atoms with Gasteiger partial charge in [0.2, 0.25) is 0 Å². The van der Waals surface area contributed by atoms with Crippen LogP contribution in [0, 0.1) is 6.92 Å². The molecule has 0 amide bonds. The molecular formula is C16H19NO. The lowest BCUT2D eigenvalue weighted by molar-refractivity contribution is 0.415. The molecule has 0 aromatic heterocycles. The Kier molecular flexibility index (Phi) is 3.88. The van der Waals surface area contributed by atoms with Crippen LogP contribution >= 0.6 is 0 Å². The molecule has 0 atom stereocenters. The molecule has 0 aliphatic heterocycles. The number of aryl methyl sites for hydroxylation is 1. The standard InChI is InChI=1S/C16H19NO/c1-4-17(14-10-8-13(2)9-11-14)15-6-5-7-16(12-15)18-3/h5-12H,4H2,1-3H3. The van der Waals surface area contributed by atoms with Crippen LogP contribution in [0.2, 0.25) is 0 Å². The second-order valence-electron chi connectivity index (χ2n) is 4.28. The van der Waals surface area contributed by atoms with Crippen LogP contribution in [0.4, 0.5) is 11.4 Å². The Balaban J connectivity index is 2.35. The first-order chi connectivity index (χ1) is 8.74. The SMILES string of the molecule is CCN(c1ccc(C)cc1)c1cccc(OC)c1. The number of methoxy groups -OCH3 is 1. The van der Waals surface area contributed by atoms with Gasteiger partial charge in [0.05, 0.1) is 7.11 Å². The highest BCUT2D eigenvalue weighted by atomic mass is 16.5. The first kappa shape index (κ1) is 12.5. The van der Waals surface area contributed by atoms with Crippen molar-refractivity contribution in [2.75, 3.05) is 18.6 Å². The van der Waals surface area contributed by atoms with Crippen LogP contribution in [0.15, 0.2) is 48.5 Å².